The van der Waals surface area contributed by atoms with Crippen LogP contribution in [0.2, 0.25) is 0 Å². The van der Waals surface area contributed by atoms with Gasteiger partial charge in [-0.15, -0.1) is 0 Å². The predicted octanol–water partition coefficient (Wildman–Crippen LogP) is 1.37. The molecule has 0 saturated carbocycles. The highest BCUT2D eigenvalue weighted by atomic mass is 15.4. The normalized spacial score (nSPS) is 36.3. The van der Waals surface area contributed by atoms with Crippen molar-refractivity contribution < 1.29 is 0 Å². The molecular weight excluding hydrogens is 124 g/mol. The molecule has 60 valence electrons. The summed E-state index contributed by atoms with van der Waals surface area (Å²) in [7, 11) is 0. The van der Waals surface area contributed by atoms with Crippen LogP contribution in [-0.4, -0.2) is 17.6 Å². The molecule has 0 radical (unpaired) electrons. The smallest absolute Gasteiger partial charge is 0.0241 e. The van der Waals surface area contributed by atoms with Crippen molar-refractivity contribution in [3.8, 4) is 0 Å². The van der Waals surface area contributed by atoms with Crippen molar-refractivity contribution in [3.63, 3.8) is 0 Å². The third-order valence-electron chi connectivity index (χ3n) is 2.72. The molecule has 1 fully saturated rings. The minimum Gasteiger partial charge on any atom is -0.269 e. The maximum Gasteiger partial charge on any atom is 0.0241 e. The van der Waals surface area contributed by atoms with Crippen molar-refractivity contribution in [2.75, 3.05) is 6.54 Å². The van der Waals surface area contributed by atoms with Crippen LogP contribution in [0.4, 0.5) is 0 Å². The molecule has 0 aliphatic carbocycles. The lowest BCUT2D eigenvalue weighted by molar-refractivity contribution is 0.104. The lowest BCUT2D eigenvalue weighted by Crippen LogP contribution is -2.47. The molecule has 0 amide bonds. The molecule has 0 bridgehead atoms. The predicted molar refractivity (Wildman–Crippen MR) is 43.4 cm³/mol. The van der Waals surface area contributed by atoms with Crippen molar-refractivity contribution in [1.29, 1.82) is 0 Å². The van der Waals surface area contributed by atoms with Crippen molar-refractivity contribution in [2.24, 2.45) is 11.8 Å². The monoisotopic (exact) mass is 142 g/mol. The Bertz CT molecular complexity index is 103. The number of nitrogens with two attached hydrogens (primary N) is 1. The van der Waals surface area contributed by atoms with Gasteiger partial charge in [-0.05, 0) is 25.7 Å². The summed E-state index contributed by atoms with van der Waals surface area (Å²) in [6.45, 7) is 5.56. The van der Waals surface area contributed by atoms with Gasteiger partial charge >= 0.3 is 0 Å². The number of hydrogen-bond acceptors (Lipinski definition) is 2. The lowest BCUT2D eigenvalue weighted by Gasteiger charge is -2.35. The summed E-state index contributed by atoms with van der Waals surface area (Å²) < 4.78 is 0. The van der Waals surface area contributed by atoms with Gasteiger partial charge in [0.15, 0.2) is 0 Å². The Morgan fingerprint density at radius 3 is 2.80 bits per heavy atom. The first-order valence-corrected chi connectivity index (χ1v) is 4.27. The molecule has 1 rings (SSSR count). The molecule has 1 aliphatic heterocycles. The molecule has 10 heavy (non-hydrogen) atoms. The van der Waals surface area contributed by atoms with E-state index in [1.807, 2.05) is 5.01 Å². The highest BCUT2D eigenvalue weighted by Gasteiger charge is 2.23. The Morgan fingerprint density at radius 1 is 1.60 bits per heavy atom. The van der Waals surface area contributed by atoms with Gasteiger partial charge in [0.1, 0.15) is 0 Å². The summed E-state index contributed by atoms with van der Waals surface area (Å²) in [6, 6.07) is 0.596. The van der Waals surface area contributed by atoms with E-state index in [0.717, 1.165) is 12.5 Å². The van der Waals surface area contributed by atoms with Crippen LogP contribution in [0.1, 0.15) is 33.1 Å². The van der Waals surface area contributed by atoms with Gasteiger partial charge in [-0.1, -0.05) is 13.3 Å². The van der Waals surface area contributed by atoms with Crippen LogP contribution >= 0.6 is 0 Å². The number of rotatable bonds is 1. The first-order chi connectivity index (χ1) is 4.75. The van der Waals surface area contributed by atoms with E-state index in [2.05, 4.69) is 13.8 Å². The molecule has 0 spiro atoms. The molecule has 1 heterocycles. The molecule has 2 atom stereocenters. The molecule has 0 aromatic rings. The van der Waals surface area contributed by atoms with Crippen LogP contribution in [-0.2, 0) is 0 Å². The van der Waals surface area contributed by atoms with E-state index in [4.69, 9.17) is 5.84 Å². The Hall–Kier alpha value is -0.0800. The maximum atomic E-state index is 5.78. The van der Waals surface area contributed by atoms with Gasteiger partial charge in [-0.3, -0.25) is 5.84 Å². The standard InChI is InChI=1S/C8H18N2/c1-3-8-5-4-6-10(9)7(8)2/h7-8H,3-6,9H2,1-2H3. The minimum atomic E-state index is 0.596. The third kappa shape index (κ3) is 1.50. The van der Waals surface area contributed by atoms with Crippen LogP contribution in [0, 0.1) is 5.92 Å². The molecule has 0 aromatic heterocycles. The topological polar surface area (TPSA) is 29.3 Å². The Kier molecular flexibility index (Phi) is 2.69. The fourth-order valence-corrected chi connectivity index (χ4v) is 1.80. The zero-order chi connectivity index (χ0) is 7.56. The Balaban J connectivity index is 2.42. The van der Waals surface area contributed by atoms with E-state index in [9.17, 15) is 0 Å². The summed E-state index contributed by atoms with van der Waals surface area (Å²) in [5, 5.41) is 1.98. The average molecular weight is 142 g/mol. The summed E-state index contributed by atoms with van der Waals surface area (Å²) in [5.41, 5.74) is 0. The van der Waals surface area contributed by atoms with Crippen LogP contribution in [0.5, 0.6) is 0 Å². The SMILES string of the molecule is CCC1CCCN(N)C1C. The van der Waals surface area contributed by atoms with E-state index in [1.165, 1.54) is 19.3 Å². The molecule has 0 aromatic carbocycles. The van der Waals surface area contributed by atoms with Gasteiger partial charge < -0.3 is 0 Å². The van der Waals surface area contributed by atoms with Gasteiger partial charge in [0.25, 0.3) is 0 Å². The fourth-order valence-electron chi connectivity index (χ4n) is 1.80. The molecule has 1 aliphatic rings. The summed E-state index contributed by atoms with van der Waals surface area (Å²) in [6.07, 6.45) is 3.92. The van der Waals surface area contributed by atoms with Crippen molar-refractivity contribution in [3.05, 3.63) is 0 Å². The van der Waals surface area contributed by atoms with E-state index in [0.29, 0.717) is 6.04 Å². The zero-order valence-corrected chi connectivity index (χ0v) is 7.01. The maximum absolute atomic E-state index is 5.78. The zero-order valence-electron chi connectivity index (χ0n) is 7.01. The second kappa shape index (κ2) is 3.35. The number of hydrazine groups is 1. The molecular formula is C8H18N2. The minimum absolute atomic E-state index is 0.596. The van der Waals surface area contributed by atoms with Gasteiger partial charge in [0.2, 0.25) is 0 Å². The number of nitrogens with zero attached hydrogens (tertiary/aromatic N) is 1. The largest absolute Gasteiger partial charge is 0.269 e. The van der Waals surface area contributed by atoms with E-state index in [-0.39, 0.29) is 0 Å². The van der Waals surface area contributed by atoms with Gasteiger partial charge in [0, 0.05) is 12.6 Å². The molecule has 1 saturated heterocycles. The number of piperidine rings is 1. The first kappa shape index (κ1) is 8.02. The molecule has 2 unspecified atom stereocenters. The quantitative estimate of drug-likeness (QED) is 0.560. The van der Waals surface area contributed by atoms with Crippen molar-refractivity contribution in [1.82, 2.24) is 5.01 Å². The van der Waals surface area contributed by atoms with Gasteiger partial charge in [0.05, 0.1) is 0 Å². The number of hydrogen-bond donors (Lipinski definition) is 1. The highest BCUT2D eigenvalue weighted by molar-refractivity contribution is 4.76. The van der Waals surface area contributed by atoms with Crippen LogP contribution < -0.4 is 5.84 Å². The summed E-state index contributed by atoms with van der Waals surface area (Å²) >= 11 is 0. The van der Waals surface area contributed by atoms with Gasteiger partial charge in [-0.2, -0.15) is 0 Å². The summed E-state index contributed by atoms with van der Waals surface area (Å²) in [5.74, 6) is 6.61. The Morgan fingerprint density at radius 2 is 2.30 bits per heavy atom. The molecule has 2 N–H and O–H groups in total. The van der Waals surface area contributed by atoms with E-state index < -0.39 is 0 Å². The molecule has 2 nitrogen and oxygen atoms in total. The van der Waals surface area contributed by atoms with E-state index >= 15 is 0 Å². The Labute approximate surface area is 63.4 Å². The highest BCUT2D eigenvalue weighted by Crippen LogP contribution is 2.23. The lowest BCUT2D eigenvalue weighted by atomic mass is 9.89. The van der Waals surface area contributed by atoms with Crippen LogP contribution in [0.25, 0.3) is 0 Å². The van der Waals surface area contributed by atoms with Crippen molar-refractivity contribution >= 4 is 0 Å². The second-order valence-corrected chi connectivity index (χ2v) is 3.29. The third-order valence-corrected chi connectivity index (χ3v) is 2.72. The first-order valence-electron chi connectivity index (χ1n) is 4.27. The van der Waals surface area contributed by atoms with Crippen LogP contribution in [0.15, 0.2) is 0 Å². The molecule has 2 heteroatoms. The van der Waals surface area contributed by atoms with Crippen molar-refractivity contribution in [2.45, 2.75) is 39.2 Å². The average Bonchev–Trinajstić information content (AvgIpc) is 1.95. The summed E-state index contributed by atoms with van der Waals surface area (Å²) in [4.78, 5) is 0. The fraction of sp³-hybridized carbons (Fsp3) is 1.00. The van der Waals surface area contributed by atoms with E-state index in [1.54, 1.807) is 0 Å². The van der Waals surface area contributed by atoms with Gasteiger partial charge in [-0.25, -0.2) is 5.01 Å². The van der Waals surface area contributed by atoms with Crippen LogP contribution in [0.3, 0.4) is 0 Å². The second-order valence-electron chi connectivity index (χ2n) is 3.29.